The number of hydrogen-bond donors (Lipinski definition) is 1. The maximum atomic E-state index is 11.7. The summed E-state index contributed by atoms with van der Waals surface area (Å²) in [6.45, 7) is 5.36. The van der Waals surface area contributed by atoms with Crippen molar-refractivity contribution in [2.75, 3.05) is 18.1 Å². The molecule has 1 aliphatic heterocycles. The van der Waals surface area contributed by atoms with Crippen LogP contribution in [0.3, 0.4) is 0 Å². The molecule has 1 atom stereocenters. The Morgan fingerprint density at radius 1 is 1.38 bits per heavy atom. The van der Waals surface area contributed by atoms with Crippen molar-refractivity contribution in [2.24, 2.45) is 0 Å². The van der Waals surface area contributed by atoms with E-state index >= 15 is 0 Å². The van der Waals surface area contributed by atoms with Gasteiger partial charge in [-0.1, -0.05) is 36.8 Å². The highest BCUT2D eigenvalue weighted by Crippen LogP contribution is 2.19. The van der Waals surface area contributed by atoms with Gasteiger partial charge in [0.15, 0.2) is 15.7 Å². The molecule has 0 aliphatic carbocycles. The Balaban J connectivity index is 1.80. The second kappa shape index (κ2) is 6.78. The third-order valence-corrected chi connectivity index (χ3v) is 6.52. The molecule has 0 amide bonds. The molecule has 8 heteroatoms. The van der Waals surface area contributed by atoms with Gasteiger partial charge in [-0.25, -0.2) is 13.1 Å². The van der Waals surface area contributed by atoms with E-state index in [1.807, 2.05) is 38.1 Å². The summed E-state index contributed by atoms with van der Waals surface area (Å²) in [7, 11) is -2.90. The number of aryl methyl sites for hydroxylation is 1. The van der Waals surface area contributed by atoms with Gasteiger partial charge in [-0.2, -0.15) is 4.98 Å². The summed E-state index contributed by atoms with van der Waals surface area (Å²) in [5.41, 5.74) is 2.17. The number of aromatic nitrogens is 3. The Kier molecular flexibility index (Phi) is 4.89. The van der Waals surface area contributed by atoms with Crippen LogP contribution in [0.5, 0.6) is 0 Å². The Morgan fingerprint density at radius 2 is 2.08 bits per heavy atom. The standard InChI is InChI=1S/C16H22N4O2S2/c1-3-19(14-8-9-24(21,22)10-14)11-20-16(23)17-15(18-20)13-6-4-12(2)5-7-13/h4-7,14H,3,8-11H2,1-2H3,(H,17,18,23)/t14-/m0/s1. The van der Waals surface area contributed by atoms with Crippen LogP contribution in [0.1, 0.15) is 18.9 Å². The third kappa shape index (κ3) is 3.76. The maximum Gasteiger partial charge on any atom is 0.217 e. The molecule has 24 heavy (non-hydrogen) atoms. The van der Waals surface area contributed by atoms with E-state index in [1.165, 1.54) is 5.56 Å². The quantitative estimate of drug-likeness (QED) is 0.823. The van der Waals surface area contributed by atoms with Gasteiger partial charge in [0.05, 0.1) is 18.2 Å². The molecule has 2 heterocycles. The van der Waals surface area contributed by atoms with Crippen molar-refractivity contribution in [1.29, 1.82) is 0 Å². The molecule has 1 saturated heterocycles. The van der Waals surface area contributed by atoms with Gasteiger partial charge in [-0.15, -0.1) is 0 Å². The highest BCUT2D eigenvalue weighted by atomic mass is 32.2. The van der Waals surface area contributed by atoms with Gasteiger partial charge in [0.1, 0.15) is 0 Å². The molecule has 0 spiro atoms. The first-order valence-corrected chi connectivity index (χ1v) is 10.3. The van der Waals surface area contributed by atoms with E-state index in [1.54, 1.807) is 4.68 Å². The summed E-state index contributed by atoms with van der Waals surface area (Å²) < 4.78 is 25.7. The fourth-order valence-corrected chi connectivity index (χ4v) is 4.97. The largest absolute Gasteiger partial charge is 0.281 e. The molecular weight excluding hydrogens is 344 g/mol. The molecule has 1 fully saturated rings. The van der Waals surface area contributed by atoms with E-state index in [-0.39, 0.29) is 17.5 Å². The highest BCUT2D eigenvalue weighted by molar-refractivity contribution is 7.91. The maximum absolute atomic E-state index is 11.7. The normalized spacial score (nSPS) is 19.9. The van der Waals surface area contributed by atoms with Crippen molar-refractivity contribution >= 4 is 22.1 Å². The molecule has 6 nitrogen and oxygen atoms in total. The van der Waals surface area contributed by atoms with Gasteiger partial charge < -0.3 is 0 Å². The monoisotopic (exact) mass is 366 g/mol. The number of nitrogens with one attached hydrogen (secondary N) is 1. The van der Waals surface area contributed by atoms with Crippen LogP contribution in [-0.4, -0.2) is 52.2 Å². The third-order valence-electron chi connectivity index (χ3n) is 4.46. The molecule has 0 bridgehead atoms. The average molecular weight is 367 g/mol. The number of H-pyrrole nitrogens is 1. The summed E-state index contributed by atoms with van der Waals surface area (Å²) in [4.78, 5) is 6.57. The first kappa shape index (κ1) is 17.3. The molecule has 0 unspecified atom stereocenters. The van der Waals surface area contributed by atoms with Crippen molar-refractivity contribution in [3.8, 4) is 11.4 Å². The fourth-order valence-electron chi connectivity index (χ4n) is 3.01. The van der Waals surface area contributed by atoms with E-state index in [4.69, 9.17) is 12.2 Å². The number of aromatic amines is 1. The summed E-state index contributed by atoms with van der Waals surface area (Å²) in [5, 5.41) is 3.24. The second-order valence-electron chi connectivity index (χ2n) is 6.25. The van der Waals surface area contributed by atoms with Crippen LogP contribution >= 0.6 is 12.2 Å². The van der Waals surface area contributed by atoms with Gasteiger partial charge in [-0.05, 0) is 32.1 Å². The van der Waals surface area contributed by atoms with Crippen LogP contribution in [0.25, 0.3) is 11.4 Å². The molecule has 1 aromatic heterocycles. The van der Waals surface area contributed by atoms with Crippen molar-refractivity contribution < 1.29 is 8.42 Å². The summed E-state index contributed by atoms with van der Waals surface area (Å²) in [6.07, 6.45) is 0.683. The zero-order valence-corrected chi connectivity index (χ0v) is 15.5. The van der Waals surface area contributed by atoms with E-state index in [0.29, 0.717) is 17.9 Å². The molecule has 0 saturated carbocycles. The zero-order chi connectivity index (χ0) is 17.3. The van der Waals surface area contributed by atoms with E-state index in [0.717, 1.165) is 17.9 Å². The number of hydrogen-bond acceptors (Lipinski definition) is 5. The first-order chi connectivity index (χ1) is 11.4. The Morgan fingerprint density at radius 3 is 2.67 bits per heavy atom. The molecule has 1 aromatic carbocycles. The molecular formula is C16H22N4O2S2. The molecule has 2 aromatic rings. The number of rotatable bonds is 5. The SMILES string of the molecule is CCN(Cn1[nH]c(-c2ccc(C)cc2)nc1=S)[C@H]1CCS(=O)(=O)C1. The summed E-state index contributed by atoms with van der Waals surface area (Å²) >= 11 is 5.36. The van der Waals surface area contributed by atoms with Crippen molar-refractivity contribution in [3.63, 3.8) is 0 Å². The van der Waals surface area contributed by atoms with Crippen LogP contribution in [0.4, 0.5) is 0 Å². The van der Waals surface area contributed by atoms with Gasteiger partial charge >= 0.3 is 0 Å². The minimum Gasteiger partial charge on any atom is -0.281 e. The molecule has 1 N–H and O–H groups in total. The second-order valence-corrected chi connectivity index (χ2v) is 8.85. The minimum absolute atomic E-state index is 0.0491. The zero-order valence-electron chi connectivity index (χ0n) is 13.9. The molecule has 0 radical (unpaired) electrons. The summed E-state index contributed by atoms with van der Waals surface area (Å²) in [6, 6.07) is 8.14. The smallest absolute Gasteiger partial charge is 0.217 e. The number of nitrogens with zero attached hydrogens (tertiary/aromatic N) is 3. The molecule has 130 valence electrons. The van der Waals surface area contributed by atoms with Gasteiger partial charge in [0, 0.05) is 11.6 Å². The predicted octanol–water partition coefficient (Wildman–Crippen LogP) is 2.38. The van der Waals surface area contributed by atoms with Gasteiger partial charge in [0.25, 0.3) is 0 Å². The van der Waals surface area contributed by atoms with Crippen LogP contribution in [0, 0.1) is 11.7 Å². The lowest BCUT2D eigenvalue weighted by atomic mass is 10.1. The fraction of sp³-hybridized carbons (Fsp3) is 0.500. The Bertz CT molecular complexity index is 868. The minimum atomic E-state index is -2.90. The van der Waals surface area contributed by atoms with Gasteiger partial charge in [-0.3, -0.25) is 10.00 Å². The highest BCUT2D eigenvalue weighted by Gasteiger charge is 2.31. The average Bonchev–Trinajstić information content (AvgIpc) is 3.08. The van der Waals surface area contributed by atoms with Crippen LogP contribution in [-0.2, 0) is 16.5 Å². The molecule has 1 aliphatic rings. The predicted molar refractivity (Wildman–Crippen MR) is 97.0 cm³/mol. The van der Waals surface area contributed by atoms with E-state index in [9.17, 15) is 8.42 Å². The lowest BCUT2D eigenvalue weighted by Crippen LogP contribution is -2.37. The number of sulfone groups is 1. The lowest BCUT2D eigenvalue weighted by Gasteiger charge is -2.26. The topological polar surface area (TPSA) is 71.0 Å². The van der Waals surface area contributed by atoms with E-state index in [2.05, 4.69) is 15.0 Å². The van der Waals surface area contributed by atoms with Crippen molar-refractivity contribution in [2.45, 2.75) is 33.0 Å². The van der Waals surface area contributed by atoms with Crippen LogP contribution in [0.15, 0.2) is 24.3 Å². The first-order valence-electron chi connectivity index (χ1n) is 8.06. The van der Waals surface area contributed by atoms with Crippen molar-refractivity contribution in [1.82, 2.24) is 19.7 Å². The Labute approximate surface area is 147 Å². The van der Waals surface area contributed by atoms with E-state index < -0.39 is 9.84 Å². The summed E-state index contributed by atoms with van der Waals surface area (Å²) in [5.74, 6) is 1.24. The van der Waals surface area contributed by atoms with Gasteiger partial charge in [0.2, 0.25) is 4.77 Å². The number of benzene rings is 1. The van der Waals surface area contributed by atoms with Crippen molar-refractivity contribution in [3.05, 3.63) is 34.6 Å². The van der Waals surface area contributed by atoms with Crippen LogP contribution in [0.2, 0.25) is 0 Å². The Hall–Kier alpha value is -1.51. The lowest BCUT2D eigenvalue weighted by molar-refractivity contribution is 0.164. The molecule has 3 rings (SSSR count). The van der Waals surface area contributed by atoms with Crippen LogP contribution < -0.4 is 0 Å².